The highest BCUT2D eigenvalue weighted by atomic mass is 15.4. The van der Waals surface area contributed by atoms with Gasteiger partial charge in [-0.3, -0.25) is 0 Å². The first-order valence-corrected chi connectivity index (χ1v) is 8.09. The minimum absolute atomic E-state index is 0.575. The van der Waals surface area contributed by atoms with Crippen molar-refractivity contribution in [2.45, 2.75) is 57.7 Å². The fraction of sp³-hybridized carbons (Fsp3) is 0.625. The van der Waals surface area contributed by atoms with Crippen LogP contribution in [0.25, 0.3) is 5.65 Å². The van der Waals surface area contributed by atoms with Crippen LogP contribution in [0.2, 0.25) is 0 Å². The summed E-state index contributed by atoms with van der Waals surface area (Å²) in [5, 5.41) is 8.42. The van der Waals surface area contributed by atoms with E-state index in [-0.39, 0.29) is 0 Å². The monoisotopic (exact) mass is 285 g/mol. The molecular formula is C16H23N5. The molecule has 2 bridgehead atoms. The molecule has 0 aromatic carbocycles. The number of hydrogen-bond acceptors (Lipinski definition) is 4. The smallest absolute Gasteiger partial charge is 0.245 e. The van der Waals surface area contributed by atoms with Gasteiger partial charge in [0.05, 0.1) is 0 Å². The number of pyridine rings is 1. The predicted molar refractivity (Wildman–Crippen MR) is 83.7 cm³/mol. The third-order valence-corrected chi connectivity index (χ3v) is 5.03. The Morgan fingerprint density at radius 3 is 2.76 bits per heavy atom. The molecule has 2 aliphatic heterocycles. The first-order chi connectivity index (χ1) is 10.2. The van der Waals surface area contributed by atoms with Gasteiger partial charge in [-0.2, -0.15) is 4.98 Å². The molecule has 0 saturated carbocycles. The van der Waals surface area contributed by atoms with Gasteiger partial charge in [0.2, 0.25) is 5.95 Å². The summed E-state index contributed by atoms with van der Waals surface area (Å²) in [4.78, 5) is 7.19. The standard InChI is InChI=1S/C16H23N5/c1-3-20(14-9-12-6-7-13(10-14)17-12)16-18-15-11(2)5-4-8-21(15)19-16/h4-5,8,12-14,17H,3,6-7,9-10H2,1-2H3. The molecule has 2 aromatic heterocycles. The number of rotatable bonds is 3. The molecule has 2 aliphatic rings. The minimum Gasteiger partial charge on any atom is -0.337 e. The van der Waals surface area contributed by atoms with Crippen molar-refractivity contribution in [2.75, 3.05) is 11.4 Å². The fourth-order valence-electron chi connectivity index (χ4n) is 3.99. The number of piperidine rings is 1. The van der Waals surface area contributed by atoms with Crippen LogP contribution in [0.4, 0.5) is 5.95 Å². The largest absolute Gasteiger partial charge is 0.337 e. The number of fused-ring (bicyclic) bond motifs is 3. The molecule has 21 heavy (non-hydrogen) atoms. The van der Waals surface area contributed by atoms with Crippen LogP contribution in [0.15, 0.2) is 18.3 Å². The maximum Gasteiger partial charge on any atom is 0.245 e. The van der Waals surface area contributed by atoms with E-state index in [1.54, 1.807) is 0 Å². The number of nitrogens with zero attached hydrogens (tertiary/aromatic N) is 4. The van der Waals surface area contributed by atoms with E-state index in [0.717, 1.165) is 18.1 Å². The highest BCUT2D eigenvalue weighted by molar-refractivity contribution is 5.51. The minimum atomic E-state index is 0.575. The summed E-state index contributed by atoms with van der Waals surface area (Å²) in [6, 6.07) is 6.09. The second-order valence-electron chi connectivity index (χ2n) is 6.42. The van der Waals surface area contributed by atoms with E-state index in [9.17, 15) is 0 Å². The molecule has 2 aromatic rings. The lowest BCUT2D eigenvalue weighted by Gasteiger charge is -2.36. The van der Waals surface area contributed by atoms with Crippen LogP contribution >= 0.6 is 0 Å². The third-order valence-electron chi connectivity index (χ3n) is 5.03. The van der Waals surface area contributed by atoms with E-state index in [0.29, 0.717) is 18.1 Å². The number of aromatic nitrogens is 3. The van der Waals surface area contributed by atoms with Gasteiger partial charge < -0.3 is 10.2 Å². The van der Waals surface area contributed by atoms with E-state index in [1.807, 2.05) is 16.8 Å². The quantitative estimate of drug-likeness (QED) is 0.938. The Labute approximate surface area is 125 Å². The van der Waals surface area contributed by atoms with Crippen LogP contribution in [0.5, 0.6) is 0 Å². The van der Waals surface area contributed by atoms with Gasteiger partial charge in [-0.15, -0.1) is 5.10 Å². The molecule has 0 spiro atoms. The Morgan fingerprint density at radius 1 is 1.33 bits per heavy atom. The lowest BCUT2D eigenvalue weighted by Crippen LogP contribution is -2.48. The molecule has 112 valence electrons. The van der Waals surface area contributed by atoms with Gasteiger partial charge in [0, 0.05) is 30.9 Å². The second kappa shape index (κ2) is 4.98. The normalized spacial score (nSPS) is 28.2. The zero-order valence-corrected chi connectivity index (χ0v) is 12.8. The SMILES string of the molecule is CCN(c1nc2c(C)cccn2n1)C1CC2CCC(C1)N2. The van der Waals surface area contributed by atoms with Crippen LogP contribution < -0.4 is 10.2 Å². The predicted octanol–water partition coefficient (Wildman–Crippen LogP) is 2.15. The van der Waals surface area contributed by atoms with Gasteiger partial charge in [-0.05, 0) is 51.2 Å². The maximum atomic E-state index is 4.79. The lowest BCUT2D eigenvalue weighted by molar-refractivity contribution is 0.347. The van der Waals surface area contributed by atoms with Gasteiger partial charge >= 0.3 is 0 Å². The highest BCUT2D eigenvalue weighted by Gasteiger charge is 2.36. The first-order valence-electron chi connectivity index (χ1n) is 8.09. The van der Waals surface area contributed by atoms with Gasteiger partial charge in [0.1, 0.15) is 0 Å². The molecule has 2 atom stereocenters. The number of anilines is 1. The zero-order valence-electron chi connectivity index (χ0n) is 12.8. The first kappa shape index (κ1) is 13.1. The lowest BCUT2D eigenvalue weighted by atomic mass is 9.98. The van der Waals surface area contributed by atoms with Crippen molar-refractivity contribution in [3.05, 3.63) is 23.9 Å². The third kappa shape index (κ3) is 2.20. The van der Waals surface area contributed by atoms with E-state index < -0.39 is 0 Å². The van der Waals surface area contributed by atoms with E-state index >= 15 is 0 Å². The van der Waals surface area contributed by atoms with E-state index in [2.05, 4.69) is 30.1 Å². The van der Waals surface area contributed by atoms with Crippen LogP contribution in [-0.2, 0) is 0 Å². The summed E-state index contributed by atoms with van der Waals surface area (Å²) in [6.45, 7) is 5.28. The summed E-state index contributed by atoms with van der Waals surface area (Å²) in [5.74, 6) is 0.887. The molecule has 0 aliphatic carbocycles. The van der Waals surface area contributed by atoms with Gasteiger partial charge in [-0.25, -0.2) is 4.52 Å². The van der Waals surface area contributed by atoms with Crippen LogP contribution in [0.3, 0.4) is 0 Å². The topological polar surface area (TPSA) is 45.5 Å². The molecule has 2 unspecified atom stereocenters. The molecule has 0 amide bonds. The van der Waals surface area contributed by atoms with Crippen molar-refractivity contribution < 1.29 is 0 Å². The molecule has 5 heteroatoms. The molecule has 1 N–H and O–H groups in total. The zero-order chi connectivity index (χ0) is 14.4. The maximum absolute atomic E-state index is 4.79. The van der Waals surface area contributed by atoms with Crippen molar-refractivity contribution in [3.63, 3.8) is 0 Å². The number of nitrogens with one attached hydrogen (secondary N) is 1. The molecule has 5 nitrogen and oxygen atoms in total. The summed E-state index contributed by atoms with van der Waals surface area (Å²) in [7, 11) is 0. The Balaban J connectivity index is 1.66. The van der Waals surface area contributed by atoms with Crippen LogP contribution in [-0.4, -0.2) is 39.3 Å². The molecule has 2 fully saturated rings. The molecular weight excluding hydrogens is 262 g/mol. The highest BCUT2D eigenvalue weighted by Crippen LogP contribution is 2.31. The number of aryl methyl sites for hydroxylation is 1. The Kier molecular flexibility index (Phi) is 3.10. The Hall–Kier alpha value is -1.62. The number of hydrogen-bond donors (Lipinski definition) is 1. The average molecular weight is 285 g/mol. The summed E-state index contributed by atoms with van der Waals surface area (Å²) in [6.07, 6.45) is 7.09. The summed E-state index contributed by atoms with van der Waals surface area (Å²) in [5.41, 5.74) is 2.15. The van der Waals surface area contributed by atoms with Crippen molar-refractivity contribution in [2.24, 2.45) is 0 Å². The van der Waals surface area contributed by atoms with Crippen molar-refractivity contribution in [1.29, 1.82) is 0 Å². The molecule has 2 saturated heterocycles. The Bertz CT molecular complexity index is 637. The Morgan fingerprint density at radius 2 is 2.10 bits per heavy atom. The van der Waals surface area contributed by atoms with Gasteiger partial charge in [0.25, 0.3) is 0 Å². The summed E-state index contributed by atoms with van der Waals surface area (Å²) < 4.78 is 1.91. The summed E-state index contributed by atoms with van der Waals surface area (Å²) >= 11 is 0. The van der Waals surface area contributed by atoms with Crippen molar-refractivity contribution in [3.8, 4) is 0 Å². The van der Waals surface area contributed by atoms with E-state index in [4.69, 9.17) is 10.1 Å². The van der Waals surface area contributed by atoms with Gasteiger partial charge in [0.15, 0.2) is 5.65 Å². The van der Waals surface area contributed by atoms with Gasteiger partial charge in [-0.1, -0.05) is 6.07 Å². The molecule has 4 heterocycles. The second-order valence-corrected chi connectivity index (χ2v) is 6.42. The van der Waals surface area contributed by atoms with Crippen molar-refractivity contribution >= 4 is 11.6 Å². The molecule has 4 rings (SSSR count). The fourth-order valence-corrected chi connectivity index (χ4v) is 3.99. The van der Waals surface area contributed by atoms with Crippen LogP contribution in [0, 0.1) is 6.92 Å². The molecule has 0 radical (unpaired) electrons. The van der Waals surface area contributed by atoms with E-state index in [1.165, 1.54) is 31.2 Å². The average Bonchev–Trinajstić information content (AvgIpc) is 3.04. The van der Waals surface area contributed by atoms with Crippen molar-refractivity contribution in [1.82, 2.24) is 19.9 Å². The van der Waals surface area contributed by atoms with Crippen LogP contribution in [0.1, 0.15) is 38.2 Å².